The van der Waals surface area contributed by atoms with Crippen LogP contribution in [0, 0.1) is 6.92 Å². The molecule has 0 radical (unpaired) electrons. The Labute approximate surface area is 68.3 Å². The van der Waals surface area contributed by atoms with Gasteiger partial charge < -0.3 is 4.98 Å². The number of hydrogen-bond donors (Lipinski definition) is 1. The predicted molar refractivity (Wildman–Crippen MR) is 44.9 cm³/mol. The Balaban J connectivity index is 3.07. The van der Waals surface area contributed by atoms with Crippen LogP contribution in [0.15, 0.2) is 23.4 Å². The van der Waals surface area contributed by atoms with Crippen LogP contribution >= 0.6 is 0 Å². The smallest absolute Gasteiger partial charge is 0.260 e. The quantitative estimate of drug-likeness (QED) is 0.616. The fraction of sp³-hybridized carbons (Fsp3) is 0.125. The first-order valence-electron chi connectivity index (χ1n) is 3.58. The number of hydrogen-bond acceptors (Lipinski definition) is 3. The van der Waals surface area contributed by atoms with Crippen molar-refractivity contribution in [3.63, 3.8) is 0 Å². The lowest BCUT2D eigenvalue weighted by molar-refractivity contribution is 1.13. The molecule has 0 amide bonds. The maximum Gasteiger partial charge on any atom is 0.260 e. The van der Waals surface area contributed by atoms with Crippen LogP contribution in [0.1, 0.15) is 5.56 Å². The van der Waals surface area contributed by atoms with Gasteiger partial charge in [-0.25, -0.2) is 9.97 Å². The Kier molecular flexibility index (Phi) is 1.40. The normalized spacial score (nSPS) is 10.4. The van der Waals surface area contributed by atoms with Crippen LogP contribution in [0.2, 0.25) is 0 Å². The highest BCUT2D eigenvalue weighted by Crippen LogP contribution is 2.06. The van der Waals surface area contributed by atoms with E-state index in [1.54, 1.807) is 12.3 Å². The monoisotopic (exact) mass is 161 g/mol. The zero-order valence-corrected chi connectivity index (χ0v) is 6.53. The Bertz CT molecular complexity index is 470. The number of aryl methyl sites for hydroxylation is 1. The van der Waals surface area contributed by atoms with Crippen LogP contribution in [-0.4, -0.2) is 15.0 Å². The lowest BCUT2D eigenvalue weighted by Gasteiger charge is -1.96. The molecular formula is C8H7N3O. The number of fused-ring (bicyclic) bond motifs is 1. The van der Waals surface area contributed by atoms with Gasteiger partial charge in [-0.1, -0.05) is 0 Å². The Morgan fingerprint density at radius 3 is 3.00 bits per heavy atom. The molecule has 0 aliphatic heterocycles. The van der Waals surface area contributed by atoms with Gasteiger partial charge in [0.25, 0.3) is 5.56 Å². The molecule has 0 unspecified atom stereocenters. The van der Waals surface area contributed by atoms with Gasteiger partial charge in [0.1, 0.15) is 0 Å². The number of aromatic nitrogens is 3. The van der Waals surface area contributed by atoms with Crippen LogP contribution in [0.4, 0.5) is 0 Å². The molecule has 4 heteroatoms. The largest absolute Gasteiger partial charge is 0.312 e. The van der Waals surface area contributed by atoms with Gasteiger partial charge in [0.05, 0.1) is 11.7 Å². The van der Waals surface area contributed by atoms with Gasteiger partial charge in [0.2, 0.25) is 0 Å². The molecule has 0 saturated heterocycles. The molecule has 0 fully saturated rings. The second kappa shape index (κ2) is 2.41. The third-order valence-electron chi connectivity index (χ3n) is 1.75. The fourth-order valence-electron chi connectivity index (χ4n) is 1.15. The third-order valence-corrected chi connectivity index (χ3v) is 1.75. The molecule has 60 valence electrons. The summed E-state index contributed by atoms with van der Waals surface area (Å²) in [5, 5.41) is 0.569. The first-order valence-corrected chi connectivity index (χ1v) is 3.58. The minimum Gasteiger partial charge on any atom is -0.312 e. The lowest BCUT2D eigenvalue weighted by Crippen LogP contribution is -2.08. The Morgan fingerprint density at radius 1 is 1.42 bits per heavy atom. The van der Waals surface area contributed by atoms with Crippen molar-refractivity contribution in [3.05, 3.63) is 34.5 Å². The molecule has 0 atom stereocenters. The van der Waals surface area contributed by atoms with Gasteiger partial charge in [-0.2, -0.15) is 0 Å². The number of nitrogens with zero attached hydrogens (tertiary/aromatic N) is 2. The topological polar surface area (TPSA) is 58.6 Å². The number of aromatic amines is 1. The minimum atomic E-state index is -0.134. The lowest BCUT2D eigenvalue weighted by atomic mass is 10.2. The number of pyridine rings is 1. The van der Waals surface area contributed by atoms with Gasteiger partial charge in [-0.15, -0.1) is 0 Å². The summed E-state index contributed by atoms with van der Waals surface area (Å²) in [6, 6.07) is 1.79. The summed E-state index contributed by atoms with van der Waals surface area (Å²) in [4.78, 5) is 21.7. The molecule has 0 bridgehead atoms. The van der Waals surface area contributed by atoms with Crippen LogP contribution < -0.4 is 5.56 Å². The van der Waals surface area contributed by atoms with E-state index < -0.39 is 0 Å². The Morgan fingerprint density at radius 2 is 2.25 bits per heavy atom. The summed E-state index contributed by atoms with van der Waals surface area (Å²) in [6.07, 6.45) is 3.00. The first kappa shape index (κ1) is 6.97. The number of H-pyrrole nitrogens is 1. The highest BCUT2D eigenvalue weighted by Gasteiger charge is 2.01. The molecule has 2 heterocycles. The van der Waals surface area contributed by atoms with E-state index >= 15 is 0 Å². The number of rotatable bonds is 0. The summed E-state index contributed by atoms with van der Waals surface area (Å²) >= 11 is 0. The van der Waals surface area contributed by atoms with Crippen molar-refractivity contribution >= 4 is 11.0 Å². The average molecular weight is 161 g/mol. The van der Waals surface area contributed by atoms with E-state index in [9.17, 15) is 4.79 Å². The summed E-state index contributed by atoms with van der Waals surface area (Å²) < 4.78 is 0. The molecule has 0 saturated carbocycles. The molecule has 0 spiro atoms. The van der Waals surface area contributed by atoms with Crippen molar-refractivity contribution in [1.29, 1.82) is 0 Å². The van der Waals surface area contributed by atoms with Crippen molar-refractivity contribution < 1.29 is 0 Å². The zero-order valence-electron chi connectivity index (χ0n) is 6.53. The molecule has 1 N–H and O–H groups in total. The van der Waals surface area contributed by atoms with Crippen molar-refractivity contribution in [1.82, 2.24) is 15.0 Å². The van der Waals surface area contributed by atoms with E-state index in [2.05, 4.69) is 15.0 Å². The summed E-state index contributed by atoms with van der Waals surface area (Å²) in [6.45, 7) is 1.86. The minimum absolute atomic E-state index is 0.134. The van der Waals surface area contributed by atoms with Gasteiger partial charge in [0, 0.05) is 6.20 Å². The van der Waals surface area contributed by atoms with Crippen molar-refractivity contribution in [3.8, 4) is 0 Å². The van der Waals surface area contributed by atoms with E-state index in [-0.39, 0.29) is 5.56 Å². The van der Waals surface area contributed by atoms with Crippen LogP contribution in [0.5, 0.6) is 0 Å². The van der Waals surface area contributed by atoms with Crippen LogP contribution in [0.25, 0.3) is 11.0 Å². The Hall–Kier alpha value is -1.71. The van der Waals surface area contributed by atoms with Gasteiger partial charge in [-0.3, -0.25) is 4.79 Å². The molecular weight excluding hydrogens is 154 g/mol. The highest BCUT2D eigenvalue weighted by atomic mass is 16.1. The molecule has 0 aliphatic carbocycles. The first-order chi connectivity index (χ1) is 5.79. The van der Waals surface area contributed by atoms with Gasteiger partial charge >= 0.3 is 0 Å². The molecule has 0 aromatic carbocycles. The summed E-state index contributed by atoms with van der Waals surface area (Å²) in [5.41, 5.74) is 1.26. The second-order valence-corrected chi connectivity index (χ2v) is 2.56. The molecule has 2 aromatic rings. The maximum atomic E-state index is 11.3. The van der Waals surface area contributed by atoms with Gasteiger partial charge in [-0.05, 0) is 18.6 Å². The molecule has 0 aliphatic rings. The molecule has 12 heavy (non-hydrogen) atoms. The van der Waals surface area contributed by atoms with Gasteiger partial charge in [0.15, 0.2) is 5.65 Å². The summed E-state index contributed by atoms with van der Waals surface area (Å²) in [5.74, 6) is 0. The van der Waals surface area contributed by atoms with E-state index in [0.717, 1.165) is 5.56 Å². The van der Waals surface area contributed by atoms with Crippen LogP contribution in [0.3, 0.4) is 0 Å². The average Bonchev–Trinajstić information content (AvgIpc) is 2.04. The van der Waals surface area contributed by atoms with E-state index in [1.165, 1.54) is 6.33 Å². The zero-order chi connectivity index (χ0) is 8.55. The van der Waals surface area contributed by atoms with Crippen molar-refractivity contribution in [2.24, 2.45) is 0 Å². The highest BCUT2D eigenvalue weighted by molar-refractivity contribution is 5.76. The van der Waals surface area contributed by atoms with Crippen molar-refractivity contribution in [2.75, 3.05) is 0 Å². The predicted octanol–water partition coefficient (Wildman–Crippen LogP) is 0.627. The van der Waals surface area contributed by atoms with E-state index in [4.69, 9.17) is 0 Å². The van der Waals surface area contributed by atoms with Crippen LogP contribution in [-0.2, 0) is 0 Å². The van der Waals surface area contributed by atoms with Crippen molar-refractivity contribution in [2.45, 2.75) is 6.92 Å². The fourth-order valence-corrected chi connectivity index (χ4v) is 1.15. The SMILES string of the molecule is Cc1ccnc2nc[nH]c(=O)c12. The standard InChI is InChI=1S/C8H7N3O/c1-5-2-3-9-7-6(5)8(12)11-4-10-7/h2-4H,1H3,(H,9,10,11,12). The molecule has 2 aromatic heterocycles. The number of nitrogens with one attached hydrogen (secondary N) is 1. The maximum absolute atomic E-state index is 11.3. The summed E-state index contributed by atoms with van der Waals surface area (Å²) in [7, 11) is 0. The molecule has 2 rings (SSSR count). The third kappa shape index (κ3) is 0.887. The van der Waals surface area contributed by atoms with E-state index in [0.29, 0.717) is 11.0 Å². The molecule has 4 nitrogen and oxygen atoms in total. The van der Waals surface area contributed by atoms with E-state index in [1.807, 2.05) is 6.92 Å². The second-order valence-electron chi connectivity index (χ2n) is 2.56.